The Bertz CT molecular complexity index is 1200. The Morgan fingerprint density at radius 1 is 1.34 bits per heavy atom. The van der Waals surface area contributed by atoms with E-state index in [1.54, 1.807) is 41.5 Å². The fourth-order valence-electron chi connectivity index (χ4n) is 2.72. The molecule has 7 nitrogen and oxygen atoms in total. The monoisotopic (exact) mass is 440 g/mol. The Morgan fingerprint density at radius 2 is 2.14 bits per heavy atom. The summed E-state index contributed by atoms with van der Waals surface area (Å²) in [5.74, 6) is -0.715. The van der Waals surface area contributed by atoms with Crippen LogP contribution in [0.2, 0.25) is 5.02 Å². The van der Waals surface area contributed by atoms with Crippen LogP contribution in [0.1, 0.15) is 21.9 Å². The van der Waals surface area contributed by atoms with Crippen molar-refractivity contribution in [2.24, 2.45) is 7.05 Å². The summed E-state index contributed by atoms with van der Waals surface area (Å²) in [7, 11) is 1.70. The standard InChI is InChI=1S/C17H12ClF3N6OS/c1-26-9(4-5-23-26)8-22-16(28)14-13(18)15-24-10(11-3-2-6-29-11)7-12(17(19,20)21)27(15)25-14/h2-7H,8H2,1H3,(H,22,28). The lowest BCUT2D eigenvalue weighted by Gasteiger charge is -2.10. The predicted molar refractivity (Wildman–Crippen MR) is 101 cm³/mol. The molecule has 150 valence electrons. The summed E-state index contributed by atoms with van der Waals surface area (Å²) >= 11 is 7.45. The number of thiophene rings is 1. The van der Waals surface area contributed by atoms with Crippen LogP contribution in [0.15, 0.2) is 35.8 Å². The SMILES string of the molecule is Cn1nccc1CNC(=O)c1nn2c(C(F)(F)F)cc(-c3cccs3)nc2c1Cl. The number of halogens is 4. The molecule has 0 spiro atoms. The second-order valence-corrected chi connectivity index (χ2v) is 7.35. The van der Waals surface area contributed by atoms with Crippen LogP contribution < -0.4 is 5.32 Å². The number of nitrogens with one attached hydrogen (secondary N) is 1. The van der Waals surface area contributed by atoms with Gasteiger partial charge in [0.25, 0.3) is 5.91 Å². The number of amides is 1. The summed E-state index contributed by atoms with van der Waals surface area (Å²) in [6, 6.07) is 5.94. The van der Waals surface area contributed by atoms with Gasteiger partial charge in [-0.05, 0) is 23.6 Å². The fourth-order valence-corrected chi connectivity index (χ4v) is 3.65. The second kappa shape index (κ2) is 7.16. The van der Waals surface area contributed by atoms with Crippen molar-refractivity contribution in [2.75, 3.05) is 0 Å². The van der Waals surface area contributed by atoms with E-state index in [4.69, 9.17) is 11.6 Å². The molecule has 4 aromatic rings. The number of carbonyl (C=O) groups excluding carboxylic acids is 1. The van der Waals surface area contributed by atoms with E-state index in [2.05, 4.69) is 20.5 Å². The van der Waals surface area contributed by atoms with E-state index in [1.807, 2.05) is 0 Å². The zero-order chi connectivity index (χ0) is 20.8. The predicted octanol–water partition coefficient (Wildman–Crippen LogP) is 3.79. The summed E-state index contributed by atoms with van der Waals surface area (Å²) in [5, 5.41) is 11.8. The zero-order valence-electron chi connectivity index (χ0n) is 14.7. The summed E-state index contributed by atoms with van der Waals surface area (Å²) in [5.41, 5.74) is -0.847. The number of alkyl halides is 3. The van der Waals surface area contributed by atoms with Crippen molar-refractivity contribution in [1.29, 1.82) is 0 Å². The number of fused-ring (bicyclic) bond motifs is 1. The number of rotatable bonds is 4. The highest BCUT2D eigenvalue weighted by molar-refractivity contribution is 7.13. The van der Waals surface area contributed by atoms with Crippen molar-refractivity contribution in [3.63, 3.8) is 0 Å². The maximum Gasteiger partial charge on any atom is 0.433 e. The first-order chi connectivity index (χ1) is 13.8. The molecule has 0 aromatic carbocycles. The highest BCUT2D eigenvalue weighted by atomic mass is 35.5. The summed E-state index contributed by atoms with van der Waals surface area (Å²) < 4.78 is 43.0. The third-order valence-corrected chi connectivity index (χ3v) is 5.40. The lowest BCUT2D eigenvalue weighted by atomic mass is 10.2. The van der Waals surface area contributed by atoms with Crippen molar-refractivity contribution in [3.05, 3.63) is 57.9 Å². The molecule has 0 unspecified atom stereocenters. The molecule has 0 atom stereocenters. The molecule has 0 aliphatic rings. The van der Waals surface area contributed by atoms with E-state index in [9.17, 15) is 18.0 Å². The maximum absolute atomic E-state index is 13.6. The Kier molecular flexibility index (Phi) is 4.79. The van der Waals surface area contributed by atoms with Crippen LogP contribution in [0.3, 0.4) is 0 Å². The van der Waals surface area contributed by atoms with Crippen LogP contribution in [-0.4, -0.2) is 30.3 Å². The van der Waals surface area contributed by atoms with Gasteiger partial charge >= 0.3 is 6.18 Å². The molecule has 0 radical (unpaired) electrons. The Hall–Kier alpha value is -2.92. The van der Waals surface area contributed by atoms with Crippen LogP contribution in [-0.2, 0) is 19.8 Å². The van der Waals surface area contributed by atoms with Gasteiger partial charge in [0.15, 0.2) is 17.0 Å². The normalized spacial score (nSPS) is 11.9. The van der Waals surface area contributed by atoms with Crippen LogP contribution in [0.4, 0.5) is 13.2 Å². The highest BCUT2D eigenvalue weighted by Crippen LogP contribution is 2.35. The molecule has 4 rings (SSSR count). The minimum atomic E-state index is -4.72. The molecule has 0 saturated heterocycles. The molecule has 0 saturated carbocycles. The van der Waals surface area contributed by atoms with E-state index in [-0.39, 0.29) is 28.6 Å². The van der Waals surface area contributed by atoms with Crippen molar-refractivity contribution in [3.8, 4) is 10.6 Å². The molecule has 4 heterocycles. The van der Waals surface area contributed by atoms with Gasteiger partial charge in [-0.2, -0.15) is 23.4 Å². The Labute approximate surface area is 170 Å². The van der Waals surface area contributed by atoms with Crippen molar-refractivity contribution < 1.29 is 18.0 Å². The Morgan fingerprint density at radius 3 is 2.76 bits per heavy atom. The third-order valence-electron chi connectivity index (χ3n) is 4.16. The molecule has 0 aliphatic carbocycles. The quantitative estimate of drug-likeness (QED) is 0.523. The van der Waals surface area contributed by atoms with Crippen LogP contribution in [0.5, 0.6) is 0 Å². The first-order valence-corrected chi connectivity index (χ1v) is 9.47. The molecule has 1 N–H and O–H groups in total. The summed E-state index contributed by atoms with van der Waals surface area (Å²) in [6.45, 7) is 0.111. The molecule has 1 amide bonds. The first-order valence-electron chi connectivity index (χ1n) is 8.21. The number of aryl methyl sites for hydroxylation is 1. The highest BCUT2D eigenvalue weighted by Gasteiger charge is 2.36. The minimum absolute atomic E-state index is 0.100. The average Bonchev–Trinajstić information content (AvgIpc) is 3.39. The van der Waals surface area contributed by atoms with Gasteiger partial charge in [-0.1, -0.05) is 17.7 Å². The van der Waals surface area contributed by atoms with Crippen molar-refractivity contribution in [1.82, 2.24) is 29.7 Å². The largest absolute Gasteiger partial charge is 0.433 e. The third kappa shape index (κ3) is 3.58. The fraction of sp³-hybridized carbons (Fsp3) is 0.176. The van der Waals surface area contributed by atoms with Gasteiger partial charge in [0.05, 0.1) is 22.8 Å². The van der Waals surface area contributed by atoms with Crippen LogP contribution in [0, 0.1) is 0 Å². The van der Waals surface area contributed by atoms with E-state index in [0.717, 1.165) is 6.07 Å². The molecular weight excluding hydrogens is 429 g/mol. The molecule has 0 bridgehead atoms. The molecule has 29 heavy (non-hydrogen) atoms. The van der Waals surface area contributed by atoms with E-state index in [1.165, 1.54) is 11.3 Å². The lowest BCUT2D eigenvalue weighted by molar-refractivity contribution is -0.142. The van der Waals surface area contributed by atoms with Gasteiger partial charge in [0.1, 0.15) is 5.02 Å². The van der Waals surface area contributed by atoms with E-state index >= 15 is 0 Å². The smallest absolute Gasteiger partial charge is 0.345 e. The topological polar surface area (TPSA) is 77.1 Å². The number of hydrogen-bond donors (Lipinski definition) is 1. The minimum Gasteiger partial charge on any atom is -0.345 e. The van der Waals surface area contributed by atoms with Gasteiger partial charge in [0, 0.05) is 13.2 Å². The van der Waals surface area contributed by atoms with Crippen molar-refractivity contribution in [2.45, 2.75) is 12.7 Å². The Balaban J connectivity index is 1.77. The molecule has 0 fully saturated rings. The number of aromatic nitrogens is 5. The van der Waals surface area contributed by atoms with Gasteiger partial charge in [-0.15, -0.1) is 11.3 Å². The van der Waals surface area contributed by atoms with Gasteiger partial charge in [-0.3, -0.25) is 9.48 Å². The molecule has 0 aliphatic heterocycles. The second-order valence-electron chi connectivity index (χ2n) is 6.03. The number of hydrogen-bond acceptors (Lipinski definition) is 5. The van der Waals surface area contributed by atoms with Crippen LogP contribution >= 0.6 is 22.9 Å². The average molecular weight is 441 g/mol. The summed E-state index contributed by atoms with van der Waals surface area (Å²) in [6.07, 6.45) is -3.16. The lowest BCUT2D eigenvalue weighted by Crippen LogP contribution is -2.25. The summed E-state index contributed by atoms with van der Waals surface area (Å²) in [4.78, 5) is 17.3. The zero-order valence-corrected chi connectivity index (χ0v) is 16.3. The van der Waals surface area contributed by atoms with Gasteiger partial charge < -0.3 is 5.32 Å². The molecule has 12 heteroatoms. The maximum atomic E-state index is 13.6. The van der Waals surface area contributed by atoms with Crippen molar-refractivity contribution >= 4 is 34.5 Å². The molecular formula is C17H12ClF3N6OS. The van der Waals surface area contributed by atoms with Crippen LogP contribution in [0.25, 0.3) is 16.2 Å². The first kappa shape index (κ1) is 19.4. The van der Waals surface area contributed by atoms with Gasteiger partial charge in [-0.25, -0.2) is 9.50 Å². The number of carbonyl (C=O) groups is 1. The van der Waals surface area contributed by atoms with E-state index < -0.39 is 17.8 Å². The molecule has 4 aromatic heterocycles. The van der Waals surface area contributed by atoms with E-state index in [0.29, 0.717) is 15.1 Å². The van der Waals surface area contributed by atoms with Gasteiger partial charge in [0.2, 0.25) is 0 Å². The number of nitrogens with zero attached hydrogens (tertiary/aromatic N) is 5.